The lowest BCUT2D eigenvalue weighted by Gasteiger charge is -2.09. The molecule has 0 aromatic rings. The van der Waals surface area contributed by atoms with Crippen LogP contribution in [0.2, 0.25) is 0 Å². The average molecular weight is 158 g/mol. The fourth-order valence-corrected chi connectivity index (χ4v) is 1.31. The van der Waals surface area contributed by atoms with Crippen LogP contribution in [0.3, 0.4) is 0 Å². The molecule has 0 radical (unpaired) electrons. The van der Waals surface area contributed by atoms with E-state index in [1.807, 2.05) is 13.8 Å². The van der Waals surface area contributed by atoms with E-state index in [0.29, 0.717) is 6.42 Å². The minimum atomic E-state index is -0.347. The third-order valence-electron chi connectivity index (χ3n) is 2.02. The monoisotopic (exact) mass is 158 g/mol. The van der Waals surface area contributed by atoms with Gasteiger partial charge in [0.05, 0.1) is 5.41 Å². The summed E-state index contributed by atoms with van der Waals surface area (Å²) in [6.07, 6.45) is 1.23. The van der Waals surface area contributed by atoms with Crippen LogP contribution in [0.25, 0.3) is 0 Å². The number of ether oxygens (including phenoxy) is 1. The van der Waals surface area contributed by atoms with Gasteiger partial charge in [0.1, 0.15) is 6.10 Å². The fourth-order valence-electron chi connectivity index (χ4n) is 1.31. The van der Waals surface area contributed by atoms with Crippen molar-refractivity contribution >= 4 is 5.97 Å². The van der Waals surface area contributed by atoms with E-state index >= 15 is 0 Å². The molecular formula is C8H14O3. The lowest BCUT2D eigenvalue weighted by Crippen LogP contribution is -2.16. The summed E-state index contributed by atoms with van der Waals surface area (Å²) in [6.45, 7) is 3.83. The lowest BCUT2D eigenvalue weighted by molar-refractivity contribution is -0.147. The first-order valence-corrected chi connectivity index (χ1v) is 3.88. The minimum absolute atomic E-state index is 0.0671. The van der Waals surface area contributed by atoms with Crippen molar-refractivity contribution in [3.8, 4) is 0 Å². The van der Waals surface area contributed by atoms with Crippen molar-refractivity contribution in [2.45, 2.75) is 32.8 Å². The Morgan fingerprint density at radius 3 is 2.73 bits per heavy atom. The molecule has 1 heterocycles. The highest BCUT2D eigenvalue weighted by Crippen LogP contribution is 2.33. The maximum atomic E-state index is 11.1. The summed E-state index contributed by atoms with van der Waals surface area (Å²) in [5.74, 6) is -0.143. The van der Waals surface area contributed by atoms with Gasteiger partial charge in [-0.3, -0.25) is 4.79 Å². The molecule has 0 saturated carbocycles. The Kier molecular flexibility index (Phi) is 2.18. The number of hydrogen-bond donors (Lipinski definition) is 1. The van der Waals surface area contributed by atoms with E-state index in [-0.39, 0.29) is 24.1 Å². The van der Waals surface area contributed by atoms with Gasteiger partial charge in [-0.05, 0) is 13.8 Å². The highest BCUT2D eigenvalue weighted by molar-refractivity contribution is 5.78. The van der Waals surface area contributed by atoms with Gasteiger partial charge in [-0.1, -0.05) is 0 Å². The number of cyclic esters (lactones) is 1. The van der Waals surface area contributed by atoms with Gasteiger partial charge in [-0.2, -0.15) is 0 Å². The maximum Gasteiger partial charge on any atom is 0.311 e. The maximum absolute atomic E-state index is 11.1. The minimum Gasteiger partial charge on any atom is -0.462 e. The van der Waals surface area contributed by atoms with E-state index < -0.39 is 0 Å². The Bertz CT molecular complexity index is 163. The standard InChI is InChI=1S/C8H14O3/c1-8(2)5-6(3-4-9)11-7(8)10/h6,9H,3-5H2,1-2H3. The van der Waals surface area contributed by atoms with E-state index in [9.17, 15) is 4.79 Å². The number of rotatable bonds is 2. The molecule has 3 nitrogen and oxygen atoms in total. The molecule has 64 valence electrons. The average Bonchev–Trinajstić information content (AvgIpc) is 2.08. The first kappa shape index (κ1) is 8.53. The molecule has 1 aliphatic heterocycles. The zero-order valence-corrected chi connectivity index (χ0v) is 6.96. The van der Waals surface area contributed by atoms with Crippen molar-refractivity contribution < 1.29 is 14.6 Å². The van der Waals surface area contributed by atoms with Crippen molar-refractivity contribution in [1.82, 2.24) is 0 Å². The van der Waals surface area contributed by atoms with Crippen LogP contribution in [0.15, 0.2) is 0 Å². The van der Waals surface area contributed by atoms with E-state index in [1.165, 1.54) is 0 Å². The number of esters is 1. The Balaban J connectivity index is 2.50. The van der Waals surface area contributed by atoms with E-state index in [1.54, 1.807) is 0 Å². The largest absolute Gasteiger partial charge is 0.462 e. The molecule has 0 bridgehead atoms. The van der Waals surface area contributed by atoms with Crippen LogP contribution in [-0.4, -0.2) is 23.8 Å². The predicted molar refractivity (Wildman–Crippen MR) is 40.0 cm³/mol. The first-order chi connectivity index (χ1) is 5.06. The Morgan fingerprint density at radius 2 is 2.36 bits per heavy atom. The third-order valence-corrected chi connectivity index (χ3v) is 2.02. The zero-order chi connectivity index (χ0) is 8.48. The van der Waals surface area contributed by atoms with Crippen molar-refractivity contribution in [2.24, 2.45) is 5.41 Å². The molecule has 1 saturated heterocycles. The fraction of sp³-hybridized carbons (Fsp3) is 0.875. The van der Waals surface area contributed by atoms with Crippen molar-refractivity contribution in [3.63, 3.8) is 0 Å². The summed E-state index contributed by atoms with van der Waals surface area (Å²) in [7, 11) is 0. The molecule has 0 amide bonds. The molecule has 0 aliphatic carbocycles. The molecule has 0 aromatic carbocycles. The number of aliphatic hydroxyl groups is 1. The van der Waals surface area contributed by atoms with Crippen LogP contribution in [0.4, 0.5) is 0 Å². The Hall–Kier alpha value is -0.570. The van der Waals surface area contributed by atoms with Gasteiger partial charge in [0, 0.05) is 19.4 Å². The van der Waals surface area contributed by atoms with Crippen LogP contribution in [0.5, 0.6) is 0 Å². The van der Waals surface area contributed by atoms with Gasteiger partial charge < -0.3 is 9.84 Å². The molecule has 0 spiro atoms. The summed E-state index contributed by atoms with van der Waals surface area (Å²) in [6, 6.07) is 0. The summed E-state index contributed by atoms with van der Waals surface area (Å²) in [5, 5.41) is 8.59. The molecule has 0 aromatic heterocycles. The second-order valence-electron chi connectivity index (χ2n) is 3.63. The molecule has 1 unspecified atom stereocenters. The molecule has 3 heteroatoms. The van der Waals surface area contributed by atoms with Crippen LogP contribution in [0, 0.1) is 5.41 Å². The van der Waals surface area contributed by atoms with E-state index in [0.717, 1.165) is 6.42 Å². The molecule has 1 rings (SSSR count). The second kappa shape index (κ2) is 2.81. The second-order valence-corrected chi connectivity index (χ2v) is 3.63. The topological polar surface area (TPSA) is 46.5 Å². The highest BCUT2D eigenvalue weighted by atomic mass is 16.6. The molecule has 1 aliphatic rings. The summed E-state index contributed by atoms with van der Waals surface area (Å²) >= 11 is 0. The van der Waals surface area contributed by atoms with Gasteiger partial charge in [0.25, 0.3) is 0 Å². The molecule has 11 heavy (non-hydrogen) atoms. The Labute approximate surface area is 66.4 Å². The molecule has 1 atom stereocenters. The molecule has 1 fully saturated rings. The van der Waals surface area contributed by atoms with Crippen LogP contribution >= 0.6 is 0 Å². The van der Waals surface area contributed by atoms with Crippen molar-refractivity contribution in [3.05, 3.63) is 0 Å². The van der Waals surface area contributed by atoms with Crippen molar-refractivity contribution in [1.29, 1.82) is 0 Å². The quantitative estimate of drug-likeness (QED) is 0.602. The third kappa shape index (κ3) is 1.71. The summed E-state index contributed by atoms with van der Waals surface area (Å²) in [4.78, 5) is 11.1. The van der Waals surface area contributed by atoms with Gasteiger partial charge in [0.2, 0.25) is 0 Å². The van der Waals surface area contributed by atoms with Crippen LogP contribution in [-0.2, 0) is 9.53 Å². The van der Waals surface area contributed by atoms with Crippen molar-refractivity contribution in [2.75, 3.05) is 6.61 Å². The normalized spacial score (nSPS) is 28.6. The van der Waals surface area contributed by atoms with Crippen LogP contribution < -0.4 is 0 Å². The Morgan fingerprint density at radius 1 is 1.73 bits per heavy atom. The van der Waals surface area contributed by atoms with E-state index in [2.05, 4.69) is 0 Å². The lowest BCUT2D eigenvalue weighted by atomic mass is 9.89. The smallest absolute Gasteiger partial charge is 0.311 e. The summed E-state index contributed by atoms with van der Waals surface area (Å²) in [5.41, 5.74) is -0.347. The van der Waals surface area contributed by atoms with Gasteiger partial charge in [0.15, 0.2) is 0 Å². The first-order valence-electron chi connectivity index (χ1n) is 3.88. The molecular weight excluding hydrogens is 144 g/mol. The number of carbonyl (C=O) groups is 1. The van der Waals surface area contributed by atoms with E-state index in [4.69, 9.17) is 9.84 Å². The van der Waals surface area contributed by atoms with Crippen LogP contribution in [0.1, 0.15) is 26.7 Å². The predicted octanol–water partition coefficient (Wildman–Crippen LogP) is 0.710. The number of hydrogen-bond acceptors (Lipinski definition) is 3. The van der Waals surface area contributed by atoms with Gasteiger partial charge >= 0.3 is 5.97 Å². The van der Waals surface area contributed by atoms with Gasteiger partial charge in [-0.25, -0.2) is 0 Å². The number of aliphatic hydroxyl groups excluding tert-OH is 1. The summed E-state index contributed by atoms with van der Waals surface area (Å²) < 4.78 is 5.02. The highest BCUT2D eigenvalue weighted by Gasteiger charge is 2.40. The zero-order valence-electron chi connectivity index (χ0n) is 6.96. The SMILES string of the molecule is CC1(C)CC(CCO)OC1=O. The molecule has 1 N–H and O–H groups in total. The number of carbonyl (C=O) groups excluding carboxylic acids is 1. The van der Waals surface area contributed by atoms with Gasteiger partial charge in [-0.15, -0.1) is 0 Å².